The molecule has 0 aliphatic heterocycles. The van der Waals surface area contributed by atoms with Crippen LogP contribution >= 0.6 is 23.4 Å². The van der Waals surface area contributed by atoms with Crippen molar-refractivity contribution in [1.29, 1.82) is 0 Å². The van der Waals surface area contributed by atoms with Gasteiger partial charge in [-0.3, -0.25) is 4.79 Å². The van der Waals surface area contributed by atoms with Crippen LogP contribution in [0.3, 0.4) is 0 Å². The average molecular weight is 283 g/mol. The van der Waals surface area contributed by atoms with Crippen LogP contribution in [-0.4, -0.2) is 27.2 Å². The molecule has 0 fully saturated rings. The second-order valence-corrected chi connectivity index (χ2v) is 4.96. The van der Waals surface area contributed by atoms with Gasteiger partial charge in [-0.2, -0.15) is 9.78 Å². The lowest BCUT2D eigenvalue weighted by Crippen LogP contribution is -2.21. The largest absolute Gasteiger partial charge is 0.396 e. The summed E-state index contributed by atoms with van der Waals surface area (Å²) in [6, 6.07) is 9.08. The monoisotopic (exact) mass is 282 g/mol. The van der Waals surface area contributed by atoms with E-state index >= 15 is 0 Å². The smallest absolute Gasteiger partial charge is 0.291 e. The molecule has 0 saturated heterocycles. The van der Waals surface area contributed by atoms with Crippen molar-refractivity contribution in [3.63, 3.8) is 0 Å². The summed E-state index contributed by atoms with van der Waals surface area (Å²) in [4.78, 5) is 12.6. The Labute approximate surface area is 113 Å². The van der Waals surface area contributed by atoms with Gasteiger partial charge in [0, 0.05) is 5.75 Å². The molecular formula is C12H11ClN2O2S. The Morgan fingerprint density at radius 1 is 1.33 bits per heavy atom. The van der Waals surface area contributed by atoms with Crippen LogP contribution in [0.1, 0.15) is 0 Å². The van der Waals surface area contributed by atoms with E-state index in [2.05, 4.69) is 5.10 Å². The molecule has 6 heteroatoms. The molecule has 4 nitrogen and oxygen atoms in total. The van der Waals surface area contributed by atoms with Crippen LogP contribution in [0.25, 0.3) is 5.69 Å². The number of thioether (sulfide) groups is 1. The SMILES string of the molecule is O=c1c(Cl)c(SCCO)cnn1-c1ccccc1. The molecule has 94 valence electrons. The molecule has 0 atom stereocenters. The van der Waals surface area contributed by atoms with Crippen molar-refractivity contribution in [1.82, 2.24) is 9.78 Å². The molecule has 2 rings (SSSR count). The summed E-state index contributed by atoms with van der Waals surface area (Å²) < 4.78 is 1.26. The summed E-state index contributed by atoms with van der Waals surface area (Å²) in [5, 5.41) is 13.0. The zero-order valence-electron chi connectivity index (χ0n) is 9.41. The highest BCUT2D eigenvalue weighted by Gasteiger charge is 2.10. The van der Waals surface area contributed by atoms with Gasteiger partial charge in [-0.25, -0.2) is 0 Å². The third-order valence-corrected chi connectivity index (χ3v) is 3.72. The Bertz CT molecular complexity index is 586. The number of aromatic nitrogens is 2. The van der Waals surface area contributed by atoms with Gasteiger partial charge in [0.1, 0.15) is 5.02 Å². The number of hydrogen-bond donors (Lipinski definition) is 1. The van der Waals surface area contributed by atoms with E-state index in [4.69, 9.17) is 16.7 Å². The van der Waals surface area contributed by atoms with Crippen molar-refractivity contribution in [2.24, 2.45) is 0 Å². The lowest BCUT2D eigenvalue weighted by atomic mass is 10.3. The number of para-hydroxylation sites is 1. The van der Waals surface area contributed by atoms with Crippen molar-refractivity contribution in [2.45, 2.75) is 4.90 Å². The molecule has 0 amide bonds. The molecule has 1 N–H and O–H groups in total. The van der Waals surface area contributed by atoms with Crippen molar-refractivity contribution in [3.05, 3.63) is 51.9 Å². The molecule has 1 heterocycles. The maximum absolute atomic E-state index is 12.0. The fraction of sp³-hybridized carbons (Fsp3) is 0.167. The summed E-state index contributed by atoms with van der Waals surface area (Å²) in [6.45, 7) is 0.0305. The molecule has 0 bridgehead atoms. The molecule has 0 radical (unpaired) electrons. The molecule has 1 aromatic carbocycles. The molecule has 0 unspecified atom stereocenters. The fourth-order valence-corrected chi connectivity index (χ4v) is 2.37. The average Bonchev–Trinajstić information content (AvgIpc) is 2.41. The normalized spacial score (nSPS) is 10.6. The highest BCUT2D eigenvalue weighted by atomic mass is 35.5. The van der Waals surface area contributed by atoms with E-state index in [-0.39, 0.29) is 17.2 Å². The van der Waals surface area contributed by atoms with Gasteiger partial charge in [-0.1, -0.05) is 29.8 Å². The maximum atomic E-state index is 12.0. The number of benzene rings is 1. The Morgan fingerprint density at radius 3 is 2.72 bits per heavy atom. The minimum absolute atomic E-state index is 0.0305. The van der Waals surface area contributed by atoms with Gasteiger partial charge in [-0.15, -0.1) is 11.8 Å². The number of nitrogens with zero attached hydrogens (tertiary/aromatic N) is 2. The van der Waals surface area contributed by atoms with Crippen LogP contribution in [0, 0.1) is 0 Å². The molecule has 18 heavy (non-hydrogen) atoms. The van der Waals surface area contributed by atoms with Crippen molar-refractivity contribution < 1.29 is 5.11 Å². The fourth-order valence-electron chi connectivity index (χ4n) is 1.43. The quantitative estimate of drug-likeness (QED) is 0.871. The van der Waals surface area contributed by atoms with Crippen LogP contribution in [0.5, 0.6) is 0 Å². The summed E-state index contributed by atoms with van der Waals surface area (Å²) in [5.74, 6) is 0.482. The zero-order chi connectivity index (χ0) is 13.0. The number of aliphatic hydroxyl groups is 1. The van der Waals surface area contributed by atoms with E-state index in [9.17, 15) is 4.79 Å². The summed E-state index contributed by atoms with van der Waals surface area (Å²) in [5.41, 5.74) is 0.314. The van der Waals surface area contributed by atoms with E-state index in [1.165, 1.54) is 22.6 Å². The van der Waals surface area contributed by atoms with Crippen LogP contribution in [-0.2, 0) is 0 Å². The summed E-state index contributed by atoms with van der Waals surface area (Å²) in [7, 11) is 0. The lowest BCUT2D eigenvalue weighted by Gasteiger charge is -2.07. The van der Waals surface area contributed by atoms with Gasteiger partial charge in [0.25, 0.3) is 5.56 Å². The van der Waals surface area contributed by atoms with Gasteiger partial charge in [0.05, 0.1) is 23.4 Å². The van der Waals surface area contributed by atoms with Crippen molar-refractivity contribution in [2.75, 3.05) is 12.4 Å². The Morgan fingerprint density at radius 2 is 2.06 bits per heavy atom. The van der Waals surface area contributed by atoms with Gasteiger partial charge in [0.15, 0.2) is 0 Å². The van der Waals surface area contributed by atoms with E-state index in [1.807, 2.05) is 18.2 Å². The summed E-state index contributed by atoms with van der Waals surface area (Å²) >= 11 is 7.32. The molecule has 0 aliphatic rings. The van der Waals surface area contributed by atoms with E-state index < -0.39 is 0 Å². The van der Waals surface area contributed by atoms with Crippen LogP contribution in [0.2, 0.25) is 5.02 Å². The summed E-state index contributed by atoms with van der Waals surface area (Å²) in [6.07, 6.45) is 1.54. The molecule has 0 aliphatic carbocycles. The minimum atomic E-state index is -0.356. The topological polar surface area (TPSA) is 55.1 Å². The Kier molecular flexibility index (Phi) is 4.41. The molecule has 2 aromatic rings. The third kappa shape index (κ3) is 2.75. The van der Waals surface area contributed by atoms with Crippen LogP contribution in [0.4, 0.5) is 0 Å². The number of halogens is 1. The van der Waals surface area contributed by atoms with Crippen LogP contribution in [0.15, 0.2) is 46.2 Å². The van der Waals surface area contributed by atoms with E-state index in [0.29, 0.717) is 16.3 Å². The van der Waals surface area contributed by atoms with Crippen LogP contribution < -0.4 is 5.56 Å². The second-order valence-electron chi connectivity index (χ2n) is 3.45. The standard InChI is InChI=1S/C12H11ClN2O2S/c13-11-10(18-7-6-16)8-14-15(12(11)17)9-4-2-1-3-5-9/h1-5,8,16H,6-7H2. The lowest BCUT2D eigenvalue weighted by molar-refractivity contribution is 0.322. The molecular weight excluding hydrogens is 272 g/mol. The van der Waals surface area contributed by atoms with Gasteiger partial charge in [-0.05, 0) is 12.1 Å². The van der Waals surface area contributed by atoms with Crippen molar-refractivity contribution in [3.8, 4) is 5.69 Å². The first kappa shape index (κ1) is 13.1. The first-order valence-corrected chi connectivity index (χ1v) is 6.67. The highest BCUT2D eigenvalue weighted by Crippen LogP contribution is 2.22. The maximum Gasteiger partial charge on any atom is 0.291 e. The van der Waals surface area contributed by atoms with E-state index in [1.54, 1.807) is 12.1 Å². The zero-order valence-corrected chi connectivity index (χ0v) is 11.0. The highest BCUT2D eigenvalue weighted by molar-refractivity contribution is 7.99. The second kappa shape index (κ2) is 6.04. The Balaban J connectivity index is 2.41. The number of aliphatic hydroxyl groups excluding tert-OH is 1. The molecule has 1 aromatic heterocycles. The van der Waals surface area contributed by atoms with Crippen molar-refractivity contribution >= 4 is 23.4 Å². The predicted octanol–water partition coefficient (Wildman–Crippen LogP) is 1.97. The Hall–Kier alpha value is -1.30. The van der Waals surface area contributed by atoms with Gasteiger partial charge in [0.2, 0.25) is 0 Å². The van der Waals surface area contributed by atoms with Gasteiger partial charge >= 0.3 is 0 Å². The van der Waals surface area contributed by atoms with Gasteiger partial charge < -0.3 is 5.11 Å². The first-order valence-electron chi connectivity index (χ1n) is 5.31. The molecule has 0 spiro atoms. The number of rotatable bonds is 4. The molecule has 0 saturated carbocycles. The number of hydrogen-bond acceptors (Lipinski definition) is 4. The first-order chi connectivity index (χ1) is 8.74. The van der Waals surface area contributed by atoms with E-state index in [0.717, 1.165) is 0 Å². The predicted molar refractivity (Wildman–Crippen MR) is 72.7 cm³/mol. The minimum Gasteiger partial charge on any atom is -0.396 e. The third-order valence-electron chi connectivity index (χ3n) is 2.24.